The van der Waals surface area contributed by atoms with Crippen molar-refractivity contribution in [3.63, 3.8) is 0 Å². The fourth-order valence-corrected chi connectivity index (χ4v) is 2.63. The lowest BCUT2D eigenvalue weighted by molar-refractivity contribution is -0.138. The van der Waals surface area contributed by atoms with Gasteiger partial charge in [-0.25, -0.2) is 0 Å². The van der Waals surface area contributed by atoms with Gasteiger partial charge in [0.15, 0.2) is 0 Å². The molecule has 3 nitrogen and oxygen atoms in total. The maximum atomic E-state index is 11.6. The van der Waals surface area contributed by atoms with Gasteiger partial charge in [-0.3, -0.25) is 4.79 Å². The molecule has 0 amide bonds. The van der Waals surface area contributed by atoms with Crippen LogP contribution in [-0.4, -0.2) is 11.1 Å². The summed E-state index contributed by atoms with van der Waals surface area (Å²) in [7, 11) is 0. The summed E-state index contributed by atoms with van der Waals surface area (Å²) in [5, 5.41) is 9.56. The Balaban J connectivity index is 1.79. The van der Waals surface area contributed by atoms with E-state index in [9.17, 15) is 9.90 Å². The first-order valence-corrected chi connectivity index (χ1v) is 7.82. The Kier molecular flexibility index (Phi) is 4.92. The number of carboxylic acids is 1. The van der Waals surface area contributed by atoms with Gasteiger partial charge >= 0.3 is 5.97 Å². The lowest BCUT2D eigenvalue weighted by Crippen LogP contribution is -2.14. The van der Waals surface area contributed by atoms with Crippen molar-refractivity contribution in [2.75, 3.05) is 0 Å². The molecule has 0 aliphatic heterocycles. The highest BCUT2D eigenvalue weighted by molar-refractivity contribution is 5.76. The highest BCUT2D eigenvalue weighted by atomic mass is 16.5. The van der Waals surface area contributed by atoms with Crippen LogP contribution in [0.15, 0.2) is 84.9 Å². The van der Waals surface area contributed by atoms with E-state index in [2.05, 4.69) is 0 Å². The molecule has 1 unspecified atom stereocenters. The van der Waals surface area contributed by atoms with Gasteiger partial charge in [-0.1, -0.05) is 60.7 Å². The quantitative estimate of drug-likeness (QED) is 0.704. The maximum absolute atomic E-state index is 11.6. The molecule has 0 heterocycles. The van der Waals surface area contributed by atoms with Gasteiger partial charge in [0.1, 0.15) is 11.5 Å². The first-order chi connectivity index (χ1) is 11.7. The standard InChI is InChI=1S/C21H18O3/c22-21(23)20(17-9-3-1-4-10-17)15-16-8-7-13-19(14-16)24-18-11-5-2-6-12-18/h1-14,20H,15H2,(H,22,23). The second kappa shape index (κ2) is 7.47. The highest BCUT2D eigenvalue weighted by Gasteiger charge is 2.20. The number of aliphatic carboxylic acids is 1. The largest absolute Gasteiger partial charge is 0.481 e. The van der Waals surface area contributed by atoms with E-state index < -0.39 is 11.9 Å². The van der Waals surface area contributed by atoms with Crippen LogP contribution in [0, 0.1) is 0 Å². The van der Waals surface area contributed by atoms with Gasteiger partial charge in [-0.05, 0) is 41.8 Å². The average Bonchev–Trinajstić information content (AvgIpc) is 2.61. The summed E-state index contributed by atoms with van der Waals surface area (Å²) in [5.74, 6) is 0.0668. The molecule has 1 atom stereocenters. The maximum Gasteiger partial charge on any atom is 0.311 e. The van der Waals surface area contributed by atoms with Crippen LogP contribution in [-0.2, 0) is 11.2 Å². The third-order valence-corrected chi connectivity index (χ3v) is 3.82. The number of rotatable bonds is 6. The van der Waals surface area contributed by atoms with Gasteiger partial charge in [-0.15, -0.1) is 0 Å². The molecule has 0 bridgehead atoms. The van der Waals surface area contributed by atoms with Crippen LogP contribution in [0.1, 0.15) is 17.0 Å². The van der Waals surface area contributed by atoms with E-state index in [1.54, 1.807) is 0 Å². The number of hydrogen-bond donors (Lipinski definition) is 1. The Labute approximate surface area is 141 Å². The molecule has 1 N–H and O–H groups in total. The summed E-state index contributed by atoms with van der Waals surface area (Å²) in [6.45, 7) is 0. The van der Waals surface area contributed by atoms with Gasteiger partial charge in [0, 0.05) is 0 Å². The first-order valence-electron chi connectivity index (χ1n) is 7.82. The lowest BCUT2D eigenvalue weighted by atomic mass is 9.92. The number of hydrogen-bond acceptors (Lipinski definition) is 2. The number of para-hydroxylation sites is 1. The molecule has 0 fully saturated rings. The average molecular weight is 318 g/mol. The number of carboxylic acid groups (broad SMARTS) is 1. The monoisotopic (exact) mass is 318 g/mol. The van der Waals surface area contributed by atoms with Crippen molar-refractivity contribution >= 4 is 5.97 Å². The molecule has 0 spiro atoms. The molecular weight excluding hydrogens is 300 g/mol. The lowest BCUT2D eigenvalue weighted by Gasteiger charge is -2.14. The van der Waals surface area contributed by atoms with Gasteiger partial charge in [0.25, 0.3) is 0 Å². The van der Waals surface area contributed by atoms with Crippen LogP contribution >= 0.6 is 0 Å². The van der Waals surface area contributed by atoms with Gasteiger partial charge < -0.3 is 9.84 Å². The Bertz CT molecular complexity index is 798. The minimum Gasteiger partial charge on any atom is -0.481 e. The molecular formula is C21H18O3. The Hall–Kier alpha value is -3.07. The predicted octanol–water partition coefficient (Wildman–Crippen LogP) is 4.89. The van der Waals surface area contributed by atoms with Crippen molar-refractivity contribution in [1.29, 1.82) is 0 Å². The molecule has 0 aliphatic carbocycles. The summed E-state index contributed by atoms with van der Waals surface area (Å²) >= 11 is 0. The highest BCUT2D eigenvalue weighted by Crippen LogP contribution is 2.26. The van der Waals surface area contributed by atoms with Crippen molar-refractivity contribution in [2.45, 2.75) is 12.3 Å². The van der Waals surface area contributed by atoms with Crippen LogP contribution in [0.3, 0.4) is 0 Å². The summed E-state index contributed by atoms with van der Waals surface area (Å²) < 4.78 is 5.82. The molecule has 3 rings (SSSR count). The van der Waals surface area contributed by atoms with Crippen LogP contribution in [0.4, 0.5) is 0 Å². The normalized spacial score (nSPS) is 11.7. The molecule has 0 radical (unpaired) electrons. The Morgan fingerprint density at radius 3 is 2.12 bits per heavy atom. The summed E-state index contributed by atoms with van der Waals surface area (Å²) in [5.41, 5.74) is 1.74. The van der Waals surface area contributed by atoms with E-state index >= 15 is 0 Å². The van der Waals surface area contributed by atoms with Crippen LogP contribution in [0.5, 0.6) is 11.5 Å². The van der Waals surface area contributed by atoms with E-state index in [4.69, 9.17) is 4.74 Å². The molecule has 3 aromatic carbocycles. The van der Waals surface area contributed by atoms with E-state index in [0.29, 0.717) is 12.2 Å². The minimum absolute atomic E-state index is 0.422. The molecule has 120 valence electrons. The Morgan fingerprint density at radius 1 is 0.833 bits per heavy atom. The fraction of sp³-hybridized carbons (Fsp3) is 0.0952. The van der Waals surface area contributed by atoms with Crippen molar-refractivity contribution in [3.8, 4) is 11.5 Å². The summed E-state index contributed by atoms with van der Waals surface area (Å²) in [6.07, 6.45) is 0.422. The van der Waals surface area contributed by atoms with E-state index in [0.717, 1.165) is 16.9 Å². The second-order valence-electron chi connectivity index (χ2n) is 5.57. The fourth-order valence-electron chi connectivity index (χ4n) is 2.63. The van der Waals surface area contributed by atoms with Gasteiger partial charge in [0.2, 0.25) is 0 Å². The number of ether oxygens (including phenoxy) is 1. The smallest absolute Gasteiger partial charge is 0.311 e. The zero-order chi connectivity index (χ0) is 16.8. The van der Waals surface area contributed by atoms with Crippen molar-refractivity contribution in [1.82, 2.24) is 0 Å². The minimum atomic E-state index is -0.824. The van der Waals surface area contributed by atoms with Crippen LogP contribution in [0.25, 0.3) is 0 Å². The number of benzene rings is 3. The molecule has 0 aromatic heterocycles. The molecule has 0 aliphatic rings. The summed E-state index contributed by atoms with van der Waals surface area (Å²) in [4.78, 5) is 11.6. The van der Waals surface area contributed by atoms with Crippen molar-refractivity contribution in [3.05, 3.63) is 96.1 Å². The van der Waals surface area contributed by atoms with Gasteiger partial charge in [-0.2, -0.15) is 0 Å². The molecule has 3 aromatic rings. The third-order valence-electron chi connectivity index (χ3n) is 3.82. The third kappa shape index (κ3) is 4.02. The van der Waals surface area contributed by atoms with E-state index in [1.807, 2.05) is 84.9 Å². The zero-order valence-corrected chi connectivity index (χ0v) is 13.1. The van der Waals surface area contributed by atoms with Crippen molar-refractivity contribution in [2.24, 2.45) is 0 Å². The number of carbonyl (C=O) groups is 1. The second-order valence-corrected chi connectivity index (χ2v) is 5.57. The van der Waals surface area contributed by atoms with Crippen molar-refractivity contribution < 1.29 is 14.6 Å². The molecule has 0 saturated heterocycles. The first kappa shape index (κ1) is 15.8. The predicted molar refractivity (Wildman–Crippen MR) is 93.5 cm³/mol. The van der Waals surface area contributed by atoms with Gasteiger partial charge in [0.05, 0.1) is 5.92 Å². The topological polar surface area (TPSA) is 46.5 Å². The molecule has 0 saturated carbocycles. The van der Waals surface area contributed by atoms with Crippen LogP contribution in [0.2, 0.25) is 0 Å². The molecule has 3 heteroatoms. The zero-order valence-electron chi connectivity index (χ0n) is 13.1. The van der Waals surface area contributed by atoms with E-state index in [-0.39, 0.29) is 0 Å². The van der Waals surface area contributed by atoms with Crippen LogP contribution < -0.4 is 4.74 Å². The summed E-state index contributed by atoms with van der Waals surface area (Å²) in [6, 6.07) is 26.4. The molecule has 24 heavy (non-hydrogen) atoms. The Morgan fingerprint density at radius 2 is 1.46 bits per heavy atom. The SMILES string of the molecule is O=C(O)C(Cc1cccc(Oc2ccccc2)c1)c1ccccc1. The van der Waals surface area contributed by atoms with E-state index in [1.165, 1.54) is 0 Å².